The molecule has 0 bridgehead atoms. The number of carbonyl (C=O) groups is 1. The Morgan fingerprint density at radius 2 is 1.77 bits per heavy atom. The molecule has 0 saturated heterocycles. The number of nitro groups is 1. The van der Waals surface area contributed by atoms with E-state index >= 15 is 0 Å². The standard InChI is InChI=1S/C16H13F3N2O5/c1-25-11-3-5-12(6-4-11)26-14-7-2-10(21(23)24)8-13(14)15(22)20-9-16(17,18)19/h2-8H,9H2,1H3,(H,20,22). The third kappa shape index (κ3) is 5.10. The van der Waals surface area contributed by atoms with Gasteiger partial charge in [-0.25, -0.2) is 0 Å². The molecule has 0 atom stereocenters. The third-order valence-electron chi connectivity index (χ3n) is 3.16. The first-order chi connectivity index (χ1) is 12.2. The molecule has 2 aromatic carbocycles. The molecule has 1 N–H and O–H groups in total. The predicted molar refractivity (Wildman–Crippen MR) is 84.6 cm³/mol. The summed E-state index contributed by atoms with van der Waals surface area (Å²) in [5, 5.41) is 12.5. The van der Waals surface area contributed by atoms with Crippen LogP contribution in [0.3, 0.4) is 0 Å². The number of rotatable bonds is 6. The maximum Gasteiger partial charge on any atom is 0.405 e. The van der Waals surface area contributed by atoms with Crippen LogP contribution in [0, 0.1) is 10.1 Å². The Bertz CT molecular complexity index is 807. The normalized spacial score (nSPS) is 10.9. The minimum absolute atomic E-state index is 0.125. The summed E-state index contributed by atoms with van der Waals surface area (Å²) in [6.07, 6.45) is -4.62. The van der Waals surface area contributed by atoms with Crippen molar-refractivity contribution in [2.45, 2.75) is 6.18 Å². The van der Waals surface area contributed by atoms with Gasteiger partial charge in [-0.15, -0.1) is 0 Å². The lowest BCUT2D eigenvalue weighted by molar-refractivity contribution is -0.384. The Morgan fingerprint density at radius 1 is 1.15 bits per heavy atom. The monoisotopic (exact) mass is 370 g/mol. The lowest BCUT2D eigenvalue weighted by Crippen LogP contribution is -2.33. The highest BCUT2D eigenvalue weighted by atomic mass is 19.4. The molecule has 0 aliphatic carbocycles. The molecular weight excluding hydrogens is 357 g/mol. The zero-order valence-electron chi connectivity index (χ0n) is 13.4. The van der Waals surface area contributed by atoms with Crippen LogP contribution in [-0.2, 0) is 0 Å². The zero-order chi connectivity index (χ0) is 19.3. The van der Waals surface area contributed by atoms with Gasteiger partial charge in [0.25, 0.3) is 11.6 Å². The first kappa shape index (κ1) is 19.0. The largest absolute Gasteiger partial charge is 0.497 e. The number of alkyl halides is 3. The fourth-order valence-corrected chi connectivity index (χ4v) is 1.94. The summed E-state index contributed by atoms with van der Waals surface area (Å²) in [5.74, 6) is -0.455. The van der Waals surface area contributed by atoms with Gasteiger partial charge in [0.2, 0.25) is 0 Å². The topological polar surface area (TPSA) is 90.7 Å². The van der Waals surface area contributed by atoms with Crippen molar-refractivity contribution in [1.29, 1.82) is 0 Å². The lowest BCUT2D eigenvalue weighted by Gasteiger charge is -2.13. The maximum absolute atomic E-state index is 12.3. The van der Waals surface area contributed by atoms with Crippen molar-refractivity contribution >= 4 is 11.6 Å². The van der Waals surface area contributed by atoms with Gasteiger partial charge in [-0.3, -0.25) is 14.9 Å². The van der Waals surface area contributed by atoms with Crippen molar-refractivity contribution in [3.05, 3.63) is 58.1 Å². The molecule has 0 heterocycles. The zero-order valence-corrected chi connectivity index (χ0v) is 13.4. The van der Waals surface area contributed by atoms with Gasteiger partial charge in [0.05, 0.1) is 17.6 Å². The van der Waals surface area contributed by atoms with Gasteiger partial charge in [0.15, 0.2) is 0 Å². The second-order valence-electron chi connectivity index (χ2n) is 5.01. The molecule has 0 aliphatic heterocycles. The molecular formula is C16H13F3N2O5. The molecule has 0 fully saturated rings. The summed E-state index contributed by atoms with van der Waals surface area (Å²) >= 11 is 0. The Balaban J connectivity index is 2.31. The Hall–Kier alpha value is -3.30. The number of nitrogens with one attached hydrogen (secondary N) is 1. The van der Waals surface area contributed by atoms with Gasteiger partial charge < -0.3 is 14.8 Å². The number of non-ortho nitro benzene ring substituents is 1. The molecule has 2 rings (SSSR count). The highest BCUT2D eigenvalue weighted by Gasteiger charge is 2.29. The van der Waals surface area contributed by atoms with Crippen molar-refractivity contribution in [2.75, 3.05) is 13.7 Å². The number of halogens is 3. The average Bonchev–Trinajstić information content (AvgIpc) is 2.60. The quantitative estimate of drug-likeness (QED) is 0.619. The average molecular weight is 370 g/mol. The minimum Gasteiger partial charge on any atom is -0.497 e. The van der Waals surface area contributed by atoms with Crippen molar-refractivity contribution in [3.8, 4) is 17.2 Å². The number of nitro benzene ring substituents is 1. The second kappa shape index (κ2) is 7.72. The maximum atomic E-state index is 12.3. The summed E-state index contributed by atoms with van der Waals surface area (Å²) in [6, 6.07) is 9.25. The van der Waals surface area contributed by atoms with E-state index in [1.54, 1.807) is 17.4 Å². The number of nitrogens with zero attached hydrogens (tertiary/aromatic N) is 1. The number of amides is 1. The van der Waals surface area contributed by atoms with E-state index in [0.717, 1.165) is 18.2 Å². The minimum atomic E-state index is -4.62. The molecule has 26 heavy (non-hydrogen) atoms. The van der Waals surface area contributed by atoms with Gasteiger partial charge in [0.1, 0.15) is 23.8 Å². The predicted octanol–water partition coefficient (Wildman–Crippen LogP) is 3.69. The van der Waals surface area contributed by atoms with Crippen molar-refractivity contribution in [3.63, 3.8) is 0 Å². The molecule has 10 heteroatoms. The number of hydrogen-bond acceptors (Lipinski definition) is 5. The molecule has 0 aliphatic rings. The van der Waals surface area contributed by atoms with E-state index in [2.05, 4.69) is 0 Å². The third-order valence-corrected chi connectivity index (χ3v) is 3.16. The van der Waals surface area contributed by atoms with Crippen molar-refractivity contribution in [1.82, 2.24) is 5.32 Å². The van der Waals surface area contributed by atoms with Crippen LogP contribution in [0.4, 0.5) is 18.9 Å². The molecule has 0 saturated carbocycles. The molecule has 7 nitrogen and oxygen atoms in total. The van der Waals surface area contributed by atoms with Crippen LogP contribution in [-0.4, -0.2) is 30.7 Å². The summed E-state index contributed by atoms with van der Waals surface area (Å²) < 4.78 is 47.3. The van der Waals surface area contributed by atoms with E-state index in [1.807, 2.05) is 0 Å². The molecule has 0 spiro atoms. The smallest absolute Gasteiger partial charge is 0.405 e. The van der Waals surface area contributed by atoms with Crippen molar-refractivity contribution in [2.24, 2.45) is 0 Å². The number of carbonyl (C=O) groups excluding carboxylic acids is 1. The molecule has 2 aromatic rings. The molecule has 0 unspecified atom stereocenters. The fraction of sp³-hybridized carbons (Fsp3) is 0.188. The summed E-state index contributed by atoms with van der Waals surface area (Å²) in [4.78, 5) is 22.1. The summed E-state index contributed by atoms with van der Waals surface area (Å²) in [6.45, 7) is -1.57. The highest BCUT2D eigenvalue weighted by Crippen LogP contribution is 2.30. The van der Waals surface area contributed by atoms with Crippen LogP contribution in [0.15, 0.2) is 42.5 Å². The van der Waals surface area contributed by atoms with E-state index in [9.17, 15) is 28.1 Å². The van der Waals surface area contributed by atoms with Crippen LogP contribution in [0.1, 0.15) is 10.4 Å². The second-order valence-corrected chi connectivity index (χ2v) is 5.01. The van der Waals surface area contributed by atoms with Gasteiger partial charge in [-0.1, -0.05) is 0 Å². The number of methoxy groups -OCH3 is 1. The molecule has 138 valence electrons. The Kier molecular flexibility index (Phi) is 5.65. The number of benzene rings is 2. The van der Waals surface area contributed by atoms with E-state index < -0.39 is 29.2 Å². The fourth-order valence-electron chi connectivity index (χ4n) is 1.94. The van der Waals surface area contributed by atoms with E-state index in [-0.39, 0.29) is 17.1 Å². The van der Waals surface area contributed by atoms with Crippen LogP contribution >= 0.6 is 0 Å². The number of ether oxygens (including phenoxy) is 2. The molecule has 1 amide bonds. The van der Waals surface area contributed by atoms with E-state index in [1.165, 1.54) is 19.2 Å². The van der Waals surface area contributed by atoms with Crippen LogP contribution < -0.4 is 14.8 Å². The number of hydrogen-bond donors (Lipinski definition) is 1. The molecule has 0 radical (unpaired) electrons. The summed E-state index contributed by atoms with van der Waals surface area (Å²) in [7, 11) is 1.47. The highest BCUT2D eigenvalue weighted by molar-refractivity contribution is 5.97. The lowest BCUT2D eigenvalue weighted by atomic mass is 10.1. The van der Waals surface area contributed by atoms with Gasteiger partial charge in [-0.2, -0.15) is 13.2 Å². The van der Waals surface area contributed by atoms with Crippen LogP contribution in [0.5, 0.6) is 17.2 Å². The van der Waals surface area contributed by atoms with Gasteiger partial charge >= 0.3 is 6.18 Å². The van der Waals surface area contributed by atoms with Crippen LogP contribution in [0.25, 0.3) is 0 Å². The van der Waals surface area contributed by atoms with Crippen LogP contribution in [0.2, 0.25) is 0 Å². The van der Waals surface area contributed by atoms with Crippen molar-refractivity contribution < 1.29 is 32.4 Å². The molecule has 0 aromatic heterocycles. The first-order valence-corrected chi connectivity index (χ1v) is 7.15. The first-order valence-electron chi connectivity index (χ1n) is 7.15. The van der Waals surface area contributed by atoms with E-state index in [0.29, 0.717) is 5.75 Å². The Labute approximate surface area is 145 Å². The SMILES string of the molecule is COc1ccc(Oc2ccc([N+](=O)[O-])cc2C(=O)NCC(F)(F)F)cc1. The Morgan fingerprint density at radius 3 is 2.31 bits per heavy atom. The van der Waals surface area contributed by atoms with Gasteiger partial charge in [0, 0.05) is 12.1 Å². The van der Waals surface area contributed by atoms with E-state index in [4.69, 9.17) is 9.47 Å². The summed E-state index contributed by atoms with van der Waals surface area (Å²) in [5.41, 5.74) is -0.844. The van der Waals surface area contributed by atoms with Gasteiger partial charge in [-0.05, 0) is 30.3 Å².